The van der Waals surface area contributed by atoms with Crippen LogP contribution in [0.4, 0.5) is 0 Å². The highest BCUT2D eigenvalue weighted by Crippen LogP contribution is 2.21. The van der Waals surface area contributed by atoms with E-state index < -0.39 is 152 Å². The monoisotopic (exact) mass is 979 g/mol. The van der Waals surface area contributed by atoms with Crippen LogP contribution in [0.3, 0.4) is 0 Å². The summed E-state index contributed by atoms with van der Waals surface area (Å²) < 4.78 is 0. The molecule has 1 fully saturated rings. The predicted molar refractivity (Wildman–Crippen MR) is 239 cm³/mol. The molecule has 1 aromatic carbocycles. The zero-order valence-corrected chi connectivity index (χ0v) is 38.4. The molecule has 0 radical (unpaired) electrons. The summed E-state index contributed by atoms with van der Waals surface area (Å²) in [6, 6.07) is -5.94. The van der Waals surface area contributed by atoms with Crippen LogP contribution >= 0.6 is 0 Å². The normalized spacial score (nSPS) is 17.2. The molecule has 69 heavy (non-hydrogen) atoms. The van der Waals surface area contributed by atoms with Crippen molar-refractivity contribution in [2.45, 2.75) is 126 Å². The third kappa shape index (κ3) is 19.0. The van der Waals surface area contributed by atoms with Crippen LogP contribution in [-0.4, -0.2) is 182 Å². The second-order valence-electron chi connectivity index (χ2n) is 16.8. The fraction of sp³-hybridized carbons (Fsp3) is 0.595. The molecule has 0 aromatic heterocycles. The summed E-state index contributed by atoms with van der Waals surface area (Å²) >= 11 is 0. The Kier molecular flexibility index (Phi) is 24.1. The van der Waals surface area contributed by atoms with Crippen LogP contribution in [-0.2, 0) is 59.2 Å². The van der Waals surface area contributed by atoms with Gasteiger partial charge in [0.2, 0.25) is 59.1 Å². The third-order valence-corrected chi connectivity index (χ3v) is 10.6. The van der Waals surface area contributed by atoms with Gasteiger partial charge in [0, 0.05) is 19.4 Å². The smallest absolute Gasteiger partial charge is 0.328 e. The zero-order valence-electron chi connectivity index (χ0n) is 38.4. The number of likely N-dealkylation sites (tertiary alicyclic amines) is 1. The van der Waals surface area contributed by atoms with Crippen LogP contribution < -0.4 is 54.4 Å². The molecule has 0 saturated carbocycles. The number of carboxylic acids is 1. The van der Waals surface area contributed by atoms with E-state index in [9.17, 15) is 78.3 Å². The summed E-state index contributed by atoms with van der Waals surface area (Å²) in [5.74, 6) is -11.8. The van der Waals surface area contributed by atoms with Gasteiger partial charge in [-0.25, -0.2) is 4.79 Å². The van der Waals surface area contributed by atoms with Gasteiger partial charge in [-0.2, -0.15) is 0 Å². The van der Waals surface area contributed by atoms with Crippen molar-refractivity contribution in [2.24, 2.45) is 23.1 Å². The molecule has 10 amide bonds. The second-order valence-corrected chi connectivity index (χ2v) is 16.8. The molecule has 27 nitrogen and oxygen atoms in total. The zero-order chi connectivity index (χ0) is 52.1. The average molecular weight is 980 g/mol. The first-order valence-corrected chi connectivity index (χ1v) is 22.0. The second kappa shape index (κ2) is 28.5. The standard InChI is InChI=1S/C42H65N11O16/c1-20(2)14-24(36(62)52-33(21(3)57)42(68)69)47-40(66)30-10-7-13-53(30)41(67)26(15-22-8-5-4-6-9-22)48-37(63)27(17-54)50-39(65)29(19-56)51-38(64)28(18-55)49-35(61)25(16-32(45)59)46-34(60)23(43)11-12-31(44)58/h4-6,8-9,20-21,23-30,33,54-57H,7,10-19,43H2,1-3H3,(H2,44,58)(H2,45,59)(H,46,60)(H,47,66)(H,48,63)(H,49,61)(H,50,65)(H,51,64)(H,52,62)(H,68,69)/t21-,23+,24+,25+,26+,27+,28+,29+,30+,33+/m1/s1. The maximum atomic E-state index is 14.3. The number of carbonyl (C=O) groups excluding carboxylic acids is 10. The number of aliphatic hydroxyl groups excluding tert-OH is 4. The van der Waals surface area contributed by atoms with E-state index in [2.05, 4.69) is 37.2 Å². The molecule has 1 aliphatic rings. The van der Waals surface area contributed by atoms with Gasteiger partial charge < -0.3 is 84.9 Å². The number of rotatable bonds is 29. The Morgan fingerprint density at radius 1 is 0.652 bits per heavy atom. The average Bonchev–Trinajstić information content (AvgIpc) is 3.79. The van der Waals surface area contributed by atoms with Gasteiger partial charge in [0.15, 0.2) is 6.04 Å². The molecule has 0 spiro atoms. The number of hydrogen-bond donors (Lipinski definition) is 15. The van der Waals surface area contributed by atoms with Gasteiger partial charge in [0.05, 0.1) is 38.4 Å². The van der Waals surface area contributed by atoms with Crippen molar-refractivity contribution < 1.29 is 78.3 Å². The van der Waals surface area contributed by atoms with Crippen molar-refractivity contribution in [3.63, 3.8) is 0 Å². The molecule has 10 atom stereocenters. The summed E-state index contributed by atoms with van der Waals surface area (Å²) in [6.45, 7) is 1.35. The van der Waals surface area contributed by atoms with Crippen LogP contribution in [0.25, 0.3) is 0 Å². The number of amides is 10. The number of nitrogens with one attached hydrogen (secondary N) is 7. The number of aliphatic carboxylic acids is 1. The summed E-state index contributed by atoms with van der Waals surface area (Å²) in [5, 5.41) is 65.3. The van der Waals surface area contributed by atoms with Crippen LogP contribution in [0.5, 0.6) is 0 Å². The van der Waals surface area contributed by atoms with E-state index in [1.165, 1.54) is 11.8 Å². The highest BCUT2D eigenvalue weighted by atomic mass is 16.4. The van der Waals surface area contributed by atoms with Crippen molar-refractivity contribution >= 4 is 65.0 Å². The molecule has 0 bridgehead atoms. The fourth-order valence-corrected chi connectivity index (χ4v) is 6.96. The minimum atomic E-state index is -1.90. The molecular weight excluding hydrogens is 915 g/mol. The lowest BCUT2D eigenvalue weighted by atomic mass is 10.0. The summed E-state index contributed by atoms with van der Waals surface area (Å²) in [6.07, 6.45) is -2.43. The van der Waals surface area contributed by atoms with Crippen LogP contribution in [0.1, 0.15) is 64.9 Å². The molecule has 27 heteroatoms. The molecule has 1 saturated heterocycles. The van der Waals surface area contributed by atoms with Gasteiger partial charge in [0.1, 0.15) is 42.3 Å². The maximum absolute atomic E-state index is 14.3. The number of hydrogen-bond acceptors (Lipinski definition) is 16. The lowest BCUT2D eigenvalue weighted by Crippen LogP contribution is -2.62. The molecule has 1 aliphatic heterocycles. The van der Waals surface area contributed by atoms with E-state index in [0.717, 1.165) is 0 Å². The predicted octanol–water partition coefficient (Wildman–Crippen LogP) is -7.43. The van der Waals surface area contributed by atoms with Crippen molar-refractivity contribution in [1.82, 2.24) is 42.1 Å². The molecular formula is C42H65N11O16. The maximum Gasteiger partial charge on any atom is 0.328 e. The Bertz CT molecular complexity index is 1990. The molecule has 0 aliphatic carbocycles. The van der Waals surface area contributed by atoms with E-state index in [4.69, 9.17) is 17.2 Å². The Hall–Kier alpha value is -6.81. The largest absolute Gasteiger partial charge is 0.480 e. The number of aliphatic hydroxyl groups is 4. The van der Waals surface area contributed by atoms with E-state index in [0.29, 0.717) is 12.0 Å². The first-order valence-electron chi connectivity index (χ1n) is 22.0. The van der Waals surface area contributed by atoms with Crippen molar-refractivity contribution in [3.05, 3.63) is 35.9 Å². The van der Waals surface area contributed by atoms with Gasteiger partial charge in [-0.05, 0) is 44.1 Å². The van der Waals surface area contributed by atoms with Crippen molar-refractivity contribution in [1.29, 1.82) is 0 Å². The SMILES string of the molecule is CC(C)C[C@H](NC(=O)[C@@H]1CCCN1C(=O)[C@H](Cc1ccccc1)NC(=O)[C@H](CO)NC(=O)[C@H](CO)NC(=O)[C@H](CO)NC(=O)[C@H](CC(N)=O)NC(=O)[C@@H](N)CCC(N)=O)C(=O)N[C@H](C(=O)O)[C@@H](C)O. The van der Waals surface area contributed by atoms with Crippen molar-refractivity contribution in [3.8, 4) is 0 Å². The molecule has 18 N–H and O–H groups in total. The van der Waals surface area contributed by atoms with Gasteiger partial charge in [0.25, 0.3) is 0 Å². The molecule has 384 valence electrons. The molecule has 1 heterocycles. The Morgan fingerprint density at radius 2 is 1.13 bits per heavy atom. The lowest BCUT2D eigenvalue weighted by molar-refractivity contribution is -0.146. The Morgan fingerprint density at radius 3 is 1.58 bits per heavy atom. The highest BCUT2D eigenvalue weighted by Gasteiger charge is 2.41. The van der Waals surface area contributed by atoms with Crippen LogP contribution in [0.2, 0.25) is 0 Å². The number of primary amides is 2. The van der Waals surface area contributed by atoms with E-state index in [1.807, 2.05) is 0 Å². The summed E-state index contributed by atoms with van der Waals surface area (Å²) in [7, 11) is 0. The van der Waals surface area contributed by atoms with Crippen molar-refractivity contribution in [2.75, 3.05) is 26.4 Å². The quantitative estimate of drug-likeness (QED) is 0.0355. The van der Waals surface area contributed by atoms with Crippen LogP contribution in [0.15, 0.2) is 30.3 Å². The highest BCUT2D eigenvalue weighted by molar-refractivity contribution is 5.99. The fourth-order valence-electron chi connectivity index (χ4n) is 6.96. The minimum absolute atomic E-state index is 0.0303. The molecule has 2 rings (SSSR count). The first kappa shape index (κ1) is 58.3. The molecule has 1 aromatic rings. The van der Waals surface area contributed by atoms with E-state index in [-0.39, 0.29) is 44.6 Å². The Balaban J connectivity index is 2.26. The van der Waals surface area contributed by atoms with Gasteiger partial charge in [-0.15, -0.1) is 0 Å². The third-order valence-electron chi connectivity index (χ3n) is 10.6. The first-order chi connectivity index (χ1) is 32.4. The number of carboxylic acid groups (broad SMARTS) is 1. The molecule has 0 unspecified atom stereocenters. The van der Waals surface area contributed by atoms with E-state index >= 15 is 0 Å². The summed E-state index contributed by atoms with van der Waals surface area (Å²) in [4.78, 5) is 143. The van der Waals surface area contributed by atoms with Gasteiger partial charge in [-0.3, -0.25) is 47.9 Å². The van der Waals surface area contributed by atoms with E-state index in [1.54, 1.807) is 44.2 Å². The van der Waals surface area contributed by atoms with Crippen LogP contribution in [0, 0.1) is 5.92 Å². The number of carbonyl (C=O) groups is 11. The summed E-state index contributed by atoms with van der Waals surface area (Å²) in [5.41, 5.74) is 16.5. The lowest BCUT2D eigenvalue weighted by Gasteiger charge is -2.31. The number of nitrogens with zero attached hydrogens (tertiary/aromatic N) is 1. The number of benzene rings is 1. The number of nitrogens with two attached hydrogens (primary N) is 3. The Labute approximate surface area is 396 Å². The van der Waals surface area contributed by atoms with Gasteiger partial charge in [-0.1, -0.05) is 44.2 Å². The van der Waals surface area contributed by atoms with Gasteiger partial charge >= 0.3 is 5.97 Å². The minimum Gasteiger partial charge on any atom is -0.480 e. The topological polar surface area (TPSA) is 454 Å².